The zero-order chi connectivity index (χ0) is 17.9. The van der Waals surface area contributed by atoms with Gasteiger partial charge in [0, 0.05) is 17.1 Å². The number of halogens is 1. The monoisotopic (exact) mass is 348 g/mol. The third-order valence-electron chi connectivity index (χ3n) is 3.78. The molecule has 4 aromatic rings. The van der Waals surface area contributed by atoms with Gasteiger partial charge in [0.05, 0.1) is 11.2 Å². The van der Waals surface area contributed by atoms with Crippen LogP contribution in [0.1, 0.15) is 5.89 Å². The number of amides is 1. The predicted molar refractivity (Wildman–Crippen MR) is 93.8 cm³/mol. The Kier molecular flexibility index (Phi) is 4.10. The number of rotatable bonds is 4. The maximum Gasteiger partial charge on any atom is 0.247 e. The van der Waals surface area contributed by atoms with Crippen LogP contribution < -0.4 is 5.32 Å². The van der Waals surface area contributed by atoms with Crippen molar-refractivity contribution < 1.29 is 13.6 Å². The van der Waals surface area contributed by atoms with Crippen LogP contribution in [0.5, 0.6) is 0 Å². The summed E-state index contributed by atoms with van der Waals surface area (Å²) < 4.78 is 19.1. The summed E-state index contributed by atoms with van der Waals surface area (Å²) in [5.41, 5.74) is 1.71. The number of carbonyl (C=O) groups excluding carboxylic acids is 1. The summed E-state index contributed by atoms with van der Waals surface area (Å²) in [6.07, 6.45) is 1.58. The van der Waals surface area contributed by atoms with Crippen LogP contribution in [0, 0.1) is 5.82 Å². The molecule has 0 bridgehead atoms. The largest absolute Gasteiger partial charge is 0.420 e. The molecule has 0 saturated heterocycles. The van der Waals surface area contributed by atoms with E-state index in [1.54, 1.807) is 18.3 Å². The molecule has 0 fully saturated rings. The van der Waals surface area contributed by atoms with Crippen LogP contribution in [0.2, 0.25) is 0 Å². The minimum absolute atomic E-state index is 0.110. The lowest BCUT2D eigenvalue weighted by molar-refractivity contribution is -0.115. The lowest BCUT2D eigenvalue weighted by Gasteiger charge is -2.04. The second kappa shape index (κ2) is 6.72. The maximum absolute atomic E-state index is 13.6. The minimum Gasteiger partial charge on any atom is -0.420 e. The number of para-hydroxylation sites is 1. The lowest BCUT2D eigenvalue weighted by Crippen LogP contribution is -2.15. The number of benzene rings is 2. The summed E-state index contributed by atoms with van der Waals surface area (Å²) in [6, 6.07) is 15.3. The zero-order valence-corrected chi connectivity index (χ0v) is 13.5. The van der Waals surface area contributed by atoms with E-state index in [9.17, 15) is 9.18 Å². The standard InChI is InChI=1S/C19H13FN4O2/c20-14-5-1-2-6-16(14)22-17(25)11-18-23-24-19(26-18)13-7-8-15-12(10-13)4-3-9-21-15/h1-10H,11H2,(H,22,25). The second-order valence-corrected chi connectivity index (χ2v) is 5.62. The van der Waals surface area contributed by atoms with Gasteiger partial charge in [-0.1, -0.05) is 18.2 Å². The normalized spacial score (nSPS) is 10.8. The van der Waals surface area contributed by atoms with Crippen LogP contribution in [0.25, 0.3) is 22.4 Å². The van der Waals surface area contributed by atoms with Crippen LogP contribution in [-0.4, -0.2) is 21.1 Å². The fourth-order valence-corrected chi connectivity index (χ4v) is 2.54. The Morgan fingerprint density at radius 2 is 1.96 bits per heavy atom. The molecule has 26 heavy (non-hydrogen) atoms. The van der Waals surface area contributed by atoms with Gasteiger partial charge in [0.25, 0.3) is 0 Å². The molecule has 0 spiro atoms. The number of hydrogen-bond acceptors (Lipinski definition) is 5. The van der Waals surface area contributed by atoms with Gasteiger partial charge in [-0.25, -0.2) is 4.39 Å². The van der Waals surface area contributed by atoms with E-state index < -0.39 is 11.7 Å². The van der Waals surface area contributed by atoms with E-state index >= 15 is 0 Å². The van der Waals surface area contributed by atoms with Gasteiger partial charge in [-0.15, -0.1) is 10.2 Å². The molecule has 0 aliphatic carbocycles. The van der Waals surface area contributed by atoms with E-state index in [-0.39, 0.29) is 18.0 Å². The van der Waals surface area contributed by atoms with Crippen molar-refractivity contribution >= 4 is 22.5 Å². The fraction of sp³-hybridized carbons (Fsp3) is 0.0526. The molecule has 0 radical (unpaired) electrons. The van der Waals surface area contributed by atoms with Crippen LogP contribution >= 0.6 is 0 Å². The zero-order valence-electron chi connectivity index (χ0n) is 13.5. The first-order valence-corrected chi connectivity index (χ1v) is 7.91. The second-order valence-electron chi connectivity index (χ2n) is 5.62. The molecule has 0 aliphatic heterocycles. The van der Waals surface area contributed by atoms with Crippen molar-refractivity contribution in [2.24, 2.45) is 0 Å². The van der Waals surface area contributed by atoms with E-state index in [4.69, 9.17) is 4.42 Å². The first kappa shape index (κ1) is 15.9. The van der Waals surface area contributed by atoms with Gasteiger partial charge in [-0.2, -0.15) is 0 Å². The summed E-state index contributed by atoms with van der Waals surface area (Å²) >= 11 is 0. The number of pyridine rings is 1. The number of hydrogen-bond donors (Lipinski definition) is 1. The summed E-state index contributed by atoms with van der Waals surface area (Å²) in [5.74, 6) is -0.477. The van der Waals surface area contributed by atoms with Gasteiger partial charge in [-0.05, 0) is 36.4 Å². The van der Waals surface area contributed by atoms with Gasteiger partial charge in [0.2, 0.25) is 17.7 Å². The van der Waals surface area contributed by atoms with Crippen LogP contribution in [-0.2, 0) is 11.2 Å². The number of nitrogens with zero attached hydrogens (tertiary/aromatic N) is 3. The summed E-state index contributed by atoms with van der Waals surface area (Å²) in [5, 5.41) is 11.3. The fourth-order valence-electron chi connectivity index (χ4n) is 2.54. The average molecular weight is 348 g/mol. The van der Waals surface area contributed by atoms with E-state index in [0.29, 0.717) is 5.89 Å². The molecule has 0 atom stereocenters. The molecule has 1 amide bonds. The highest BCUT2D eigenvalue weighted by Gasteiger charge is 2.14. The molecule has 128 valence electrons. The Morgan fingerprint density at radius 1 is 1.08 bits per heavy atom. The Hall–Kier alpha value is -3.61. The smallest absolute Gasteiger partial charge is 0.247 e. The number of nitrogens with one attached hydrogen (secondary N) is 1. The van der Waals surface area contributed by atoms with Crippen LogP contribution in [0.15, 0.2) is 65.2 Å². The Balaban J connectivity index is 1.50. The third kappa shape index (κ3) is 3.27. The molecule has 2 aromatic heterocycles. The Labute approximate surface area is 147 Å². The molecule has 4 rings (SSSR count). The summed E-state index contributed by atoms with van der Waals surface area (Å²) in [4.78, 5) is 16.3. The highest BCUT2D eigenvalue weighted by molar-refractivity contribution is 5.91. The van der Waals surface area contributed by atoms with Crippen molar-refractivity contribution in [3.63, 3.8) is 0 Å². The first-order chi connectivity index (χ1) is 12.7. The van der Waals surface area contributed by atoms with Gasteiger partial charge >= 0.3 is 0 Å². The minimum atomic E-state index is -0.503. The molecule has 0 saturated carbocycles. The molecule has 0 aliphatic rings. The molecule has 7 heteroatoms. The topological polar surface area (TPSA) is 80.9 Å². The summed E-state index contributed by atoms with van der Waals surface area (Å²) in [7, 11) is 0. The molecule has 1 N–H and O–H groups in total. The molecule has 2 heterocycles. The van der Waals surface area contributed by atoms with E-state index in [1.807, 2.05) is 30.3 Å². The van der Waals surface area contributed by atoms with Crippen molar-refractivity contribution in [3.05, 3.63) is 72.5 Å². The maximum atomic E-state index is 13.6. The Bertz CT molecular complexity index is 1090. The van der Waals surface area contributed by atoms with Gasteiger partial charge in [-0.3, -0.25) is 9.78 Å². The number of fused-ring (bicyclic) bond motifs is 1. The number of anilines is 1. The van der Waals surface area contributed by atoms with Gasteiger partial charge in [0.1, 0.15) is 12.2 Å². The summed E-state index contributed by atoms with van der Waals surface area (Å²) in [6.45, 7) is 0. The molecular weight excluding hydrogens is 335 g/mol. The average Bonchev–Trinajstić information content (AvgIpc) is 3.11. The molecule has 0 unspecified atom stereocenters. The quantitative estimate of drug-likeness (QED) is 0.609. The van der Waals surface area contributed by atoms with E-state index in [2.05, 4.69) is 20.5 Å². The van der Waals surface area contributed by atoms with Crippen LogP contribution in [0.3, 0.4) is 0 Å². The van der Waals surface area contributed by atoms with Crippen molar-refractivity contribution in [1.82, 2.24) is 15.2 Å². The van der Waals surface area contributed by atoms with Gasteiger partial charge < -0.3 is 9.73 Å². The molecule has 6 nitrogen and oxygen atoms in total. The van der Waals surface area contributed by atoms with Crippen molar-refractivity contribution in [2.45, 2.75) is 6.42 Å². The van der Waals surface area contributed by atoms with Crippen molar-refractivity contribution in [3.8, 4) is 11.5 Å². The predicted octanol–water partition coefficient (Wildman–Crippen LogP) is 3.61. The Morgan fingerprint density at radius 3 is 2.85 bits per heavy atom. The number of aromatic nitrogens is 3. The lowest BCUT2D eigenvalue weighted by atomic mass is 10.1. The highest BCUT2D eigenvalue weighted by atomic mass is 19.1. The highest BCUT2D eigenvalue weighted by Crippen LogP contribution is 2.22. The van der Waals surface area contributed by atoms with Crippen molar-refractivity contribution in [1.29, 1.82) is 0 Å². The molecular formula is C19H13FN4O2. The van der Waals surface area contributed by atoms with Crippen molar-refractivity contribution in [2.75, 3.05) is 5.32 Å². The third-order valence-corrected chi connectivity index (χ3v) is 3.78. The first-order valence-electron chi connectivity index (χ1n) is 7.91. The SMILES string of the molecule is O=C(Cc1nnc(-c2ccc3ncccc3c2)o1)Nc1ccccc1F. The van der Waals surface area contributed by atoms with Gasteiger partial charge in [0.15, 0.2) is 0 Å². The van der Waals surface area contributed by atoms with E-state index in [0.717, 1.165) is 16.5 Å². The molecule has 2 aromatic carbocycles. The van der Waals surface area contributed by atoms with Crippen LogP contribution in [0.4, 0.5) is 10.1 Å². The number of carbonyl (C=O) groups is 1. The van der Waals surface area contributed by atoms with E-state index in [1.165, 1.54) is 12.1 Å².